The number of ether oxygens (including phenoxy) is 1. The summed E-state index contributed by atoms with van der Waals surface area (Å²) >= 11 is 6.34. The molecule has 3 aromatic rings. The van der Waals surface area contributed by atoms with Crippen LogP contribution in [0.15, 0.2) is 77.9 Å². The molecule has 0 radical (unpaired) electrons. The molecule has 1 atom stereocenters. The van der Waals surface area contributed by atoms with Crippen molar-refractivity contribution in [3.8, 4) is 0 Å². The standard InChI is InChI=1S/C30H29ClF2N4O3/c31-26-4-2-1-3-25(26)30(39)36(14-13-35-15-17-40-18-16-35)20-29(38)37-28(22-7-11-24(33)12-8-22)19-27(34-37)21-5-9-23(32)10-6-21/h1-12,28H,13-20H2/t28-/m0/s1. The highest BCUT2D eigenvalue weighted by Crippen LogP contribution is 2.33. The van der Waals surface area contributed by atoms with Crippen molar-refractivity contribution < 1.29 is 23.1 Å². The van der Waals surface area contributed by atoms with Crippen LogP contribution in [0.25, 0.3) is 0 Å². The molecule has 2 aliphatic heterocycles. The fourth-order valence-corrected chi connectivity index (χ4v) is 5.10. The molecule has 0 unspecified atom stereocenters. The molecule has 2 heterocycles. The molecule has 0 bridgehead atoms. The van der Waals surface area contributed by atoms with Crippen LogP contribution in [0, 0.1) is 11.6 Å². The Morgan fingerprint density at radius 2 is 1.60 bits per heavy atom. The smallest absolute Gasteiger partial charge is 0.262 e. The number of benzene rings is 3. The number of hydrogen-bond donors (Lipinski definition) is 0. The minimum absolute atomic E-state index is 0.230. The van der Waals surface area contributed by atoms with Gasteiger partial charge in [0, 0.05) is 32.6 Å². The second-order valence-corrected chi connectivity index (χ2v) is 10.1. The highest BCUT2D eigenvalue weighted by molar-refractivity contribution is 6.33. The van der Waals surface area contributed by atoms with Gasteiger partial charge in [-0.2, -0.15) is 5.10 Å². The van der Waals surface area contributed by atoms with Gasteiger partial charge in [-0.1, -0.05) is 48.0 Å². The van der Waals surface area contributed by atoms with E-state index in [2.05, 4.69) is 10.0 Å². The topological polar surface area (TPSA) is 65.5 Å². The van der Waals surface area contributed by atoms with Crippen LogP contribution in [0.1, 0.15) is 33.9 Å². The van der Waals surface area contributed by atoms with Crippen LogP contribution in [0.3, 0.4) is 0 Å². The van der Waals surface area contributed by atoms with Gasteiger partial charge in [-0.05, 0) is 47.5 Å². The molecule has 208 valence electrons. The summed E-state index contributed by atoms with van der Waals surface area (Å²) in [7, 11) is 0. The highest BCUT2D eigenvalue weighted by Gasteiger charge is 2.35. The van der Waals surface area contributed by atoms with E-state index in [4.69, 9.17) is 16.3 Å². The summed E-state index contributed by atoms with van der Waals surface area (Å²) in [6.45, 7) is 3.36. The van der Waals surface area contributed by atoms with E-state index in [0.717, 1.165) is 13.1 Å². The summed E-state index contributed by atoms with van der Waals surface area (Å²) < 4.78 is 32.7. The fraction of sp³-hybridized carbons (Fsp3) is 0.300. The number of hydrogen-bond acceptors (Lipinski definition) is 5. The summed E-state index contributed by atoms with van der Waals surface area (Å²) in [6, 6.07) is 18.0. The lowest BCUT2D eigenvalue weighted by molar-refractivity contribution is -0.133. The first kappa shape index (κ1) is 27.9. The third kappa shape index (κ3) is 6.55. The van der Waals surface area contributed by atoms with Crippen LogP contribution in [0.4, 0.5) is 8.78 Å². The van der Waals surface area contributed by atoms with Gasteiger partial charge in [-0.3, -0.25) is 14.5 Å². The average molecular weight is 567 g/mol. The summed E-state index contributed by atoms with van der Waals surface area (Å²) in [5, 5.41) is 6.27. The summed E-state index contributed by atoms with van der Waals surface area (Å²) in [4.78, 5) is 31.1. The number of carbonyl (C=O) groups is 2. The Labute approximate surface area is 236 Å². The third-order valence-corrected chi connectivity index (χ3v) is 7.44. The van der Waals surface area contributed by atoms with Crippen molar-refractivity contribution in [2.75, 3.05) is 45.9 Å². The maximum Gasteiger partial charge on any atom is 0.262 e. The molecule has 7 nitrogen and oxygen atoms in total. The van der Waals surface area contributed by atoms with Crippen LogP contribution in [0.2, 0.25) is 5.02 Å². The minimum Gasteiger partial charge on any atom is -0.379 e. The van der Waals surface area contributed by atoms with Gasteiger partial charge in [-0.25, -0.2) is 13.8 Å². The molecule has 0 N–H and O–H groups in total. The molecule has 5 rings (SSSR count). The zero-order valence-electron chi connectivity index (χ0n) is 21.8. The Hall–Kier alpha value is -3.66. The molecule has 0 aromatic heterocycles. The lowest BCUT2D eigenvalue weighted by Crippen LogP contribution is -2.46. The first-order valence-corrected chi connectivity index (χ1v) is 13.5. The van der Waals surface area contributed by atoms with E-state index in [1.807, 2.05) is 0 Å². The molecular formula is C30H29ClF2N4O3. The minimum atomic E-state index is -0.510. The SMILES string of the molecule is O=C(c1ccccc1Cl)N(CCN1CCOCC1)CC(=O)N1N=C(c2ccc(F)cc2)C[C@H]1c1ccc(F)cc1. The van der Waals surface area contributed by atoms with Crippen LogP contribution < -0.4 is 0 Å². The quantitative estimate of drug-likeness (QED) is 0.394. The van der Waals surface area contributed by atoms with Crippen LogP contribution in [-0.2, 0) is 9.53 Å². The van der Waals surface area contributed by atoms with Gasteiger partial charge in [0.1, 0.15) is 18.2 Å². The molecular weight excluding hydrogens is 538 g/mol. The lowest BCUT2D eigenvalue weighted by atomic mass is 9.98. The number of nitrogens with zero attached hydrogens (tertiary/aromatic N) is 4. The van der Waals surface area contributed by atoms with E-state index in [9.17, 15) is 18.4 Å². The van der Waals surface area contributed by atoms with Crippen LogP contribution in [0.5, 0.6) is 0 Å². The fourth-order valence-electron chi connectivity index (χ4n) is 4.88. The largest absolute Gasteiger partial charge is 0.379 e. The summed E-state index contributed by atoms with van der Waals surface area (Å²) in [5.41, 5.74) is 2.29. The predicted molar refractivity (Wildman–Crippen MR) is 148 cm³/mol. The van der Waals surface area contributed by atoms with Crippen molar-refractivity contribution in [2.24, 2.45) is 5.10 Å². The van der Waals surface area contributed by atoms with E-state index < -0.39 is 11.9 Å². The number of hydrazone groups is 1. The van der Waals surface area contributed by atoms with Crippen LogP contribution >= 0.6 is 11.6 Å². The molecule has 0 aliphatic carbocycles. The lowest BCUT2D eigenvalue weighted by Gasteiger charge is -2.31. The van der Waals surface area contributed by atoms with Crippen LogP contribution in [-0.4, -0.2) is 78.3 Å². The second-order valence-electron chi connectivity index (χ2n) is 9.72. The van der Waals surface area contributed by atoms with E-state index in [1.165, 1.54) is 34.2 Å². The van der Waals surface area contributed by atoms with Crippen molar-refractivity contribution >= 4 is 29.1 Å². The Morgan fingerprint density at radius 3 is 2.27 bits per heavy atom. The predicted octanol–water partition coefficient (Wildman–Crippen LogP) is 4.77. The molecule has 2 aliphatic rings. The van der Waals surface area contributed by atoms with Crippen molar-refractivity contribution in [1.82, 2.24) is 14.8 Å². The first-order chi connectivity index (χ1) is 19.4. The molecule has 2 amide bonds. The van der Waals surface area contributed by atoms with Gasteiger partial charge in [0.2, 0.25) is 0 Å². The Kier molecular flexibility index (Phi) is 8.84. The van der Waals surface area contributed by atoms with Crippen molar-refractivity contribution in [2.45, 2.75) is 12.5 Å². The number of rotatable bonds is 8. The van der Waals surface area contributed by atoms with Gasteiger partial charge < -0.3 is 9.64 Å². The van der Waals surface area contributed by atoms with E-state index >= 15 is 0 Å². The van der Waals surface area contributed by atoms with E-state index in [1.54, 1.807) is 48.5 Å². The van der Waals surface area contributed by atoms with Gasteiger partial charge in [-0.15, -0.1) is 0 Å². The molecule has 1 fully saturated rings. The normalized spacial score (nSPS) is 17.5. The highest BCUT2D eigenvalue weighted by atomic mass is 35.5. The van der Waals surface area contributed by atoms with Gasteiger partial charge in [0.25, 0.3) is 11.8 Å². The second kappa shape index (κ2) is 12.7. The number of halogens is 3. The van der Waals surface area contributed by atoms with Crippen molar-refractivity contribution in [1.29, 1.82) is 0 Å². The maximum absolute atomic E-state index is 13.8. The zero-order chi connectivity index (χ0) is 28.1. The van der Waals surface area contributed by atoms with Crippen molar-refractivity contribution in [3.63, 3.8) is 0 Å². The van der Waals surface area contributed by atoms with Gasteiger partial charge in [0.05, 0.1) is 35.6 Å². The first-order valence-electron chi connectivity index (χ1n) is 13.1. The number of carbonyl (C=O) groups excluding carboxylic acids is 2. The number of morpholine rings is 1. The Bertz CT molecular complexity index is 1380. The molecule has 1 saturated heterocycles. The molecule has 3 aromatic carbocycles. The average Bonchev–Trinajstić information content (AvgIpc) is 3.42. The molecule has 0 saturated carbocycles. The number of amides is 2. The monoisotopic (exact) mass is 566 g/mol. The Balaban J connectivity index is 1.42. The molecule has 10 heteroatoms. The van der Waals surface area contributed by atoms with E-state index in [0.29, 0.717) is 60.1 Å². The summed E-state index contributed by atoms with van der Waals surface area (Å²) in [6.07, 6.45) is 0.356. The van der Waals surface area contributed by atoms with Crippen molar-refractivity contribution in [3.05, 3.63) is 106 Å². The van der Waals surface area contributed by atoms with Gasteiger partial charge >= 0.3 is 0 Å². The summed E-state index contributed by atoms with van der Waals surface area (Å²) in [5.74, 6) is -1.51. The van der Waals surface area contributed by atoms with E-state index in [-0.39, 0.29) is 24.1 Å². The third-order valence-electron chi connectivity index (χ3n) is 7.11. The molecule has 40 heavy (non-hydrogen) atoms. The Morgan fingerprint density at radius 1 is 0.950 bits per heavy atom. The van der Waals surface area contributed by atoms with Gasteiger partial charge in [0.15, 0.2) is 0 Å². The zero-order valence-corrected chi connectivity index (χ0v) is 22.6. The molecule has 0 spiro atoms. The maximum atomic E-state index is 13.8.